The molecule has 0 spiro atoms. The molecular formula is C17H15F5N4O. The molecular weight excluding hydrogens is 371 g/mol. The fourth-order valence-corrected chi connectivity index (χ4v) is 2.69. The maximum atomic E-state index is 13.1. The normalized spacial score (nSPS) is 14.7. The number of aromatic nitrogens is 3. The first-order valence-corrected chi connectivity index (χ1v) is 7.75. The highest BCUT2D eigenvalue weighted by Gasteiger charge is 2.36. The summed E-state index contributed by atoms with van der Waals surface area (Å²) in [7, 11) is 0. The predicted octanol–water partition coefficient (Wildman–Crippen LogP) is 3.78. The van der Waals surface area contributed by atoms with E-state index in [1.165, 1.54) is 24.4 Å². The first-order chi connectivity index (χ1) is 12.4. The van der Waals surface area contributed by atoms with Gasteiger partial charge in [-0.1, -0.05) is 12.1 Å². The largest absolute Gasteiger partial charge is 0.434 e. The lowest BCUT2D eigenvalue weighted by Gasteiger charge is -2.23. The van der Waals surface area contributed by atoms with E-state index in [-0.39, 0.29) is 16.9 Å². The fourth-order valence-electron chi connectivity index (χ4n) is 2.69. The molecule has 5 nitrogen and oxygen atoms in total. The summed E-state index contributed by atoms with van der Waals surface area (Å²) in [6.45, 7) is 2.62. The van der Waals surface area contributed by atoms with E-state index < -0.39 is 29.7 Å². The van der Waals surface area contributed by atoms with Crippen molar-refractivity contribution >= 4 is 11.5 Å². The number of nitrogens with zero attached hydrogens (tertiary/aromatic N) is 3. The number of fused-ring (bicyclic) bond motifs is 1. The van der Waals surface area contributed by atoms with E-state index in [2.05, 4.69) is 9.97 Å². The van der Waals surface area contributed by atoms with Gasteiger partial charge in [-0.25, -0.2) is 18.7 Å². The second kappa shape index (κ2) is 6.15. The lowest BCUT2D eigenvalue weighted by atomic mass is 9.92. The number of aryl methyl sites for hydroxylation is 1. The lowest BCUT2D eigenvalue weighted by Crippen LogP contribution is -2.30. The van der Waals surface area contributed by atoms with Crippen molar-refractivity contribution in [3.63, 3.8) is 0 Å². The van der Waals surface area contributed by atoms with Crippen molar-refractivity contribution in [2.75, 3.05) is 5.73 Å². The van der Waals surface area contributed by atoms with Gasteiger partial charge in [-0.3, -0.25) is 4.40 Å². The van der Waals surface area contributed by atoms with Gasteiger partial charge in [0.05, 0.1) is 11.9 Å². The van der Waals surface area contributed by atoms with Crippen molar-refractivity contribution in [3.05, 3.63) is 47.4 Å². The molecule has 3 rings (SSSR count). The van der Waals surface area contributed by atoms with Gasteiger partial charge in [-0.05, 0) is 31.0 Å². The molecule has 0 unspecified atom stereocenters. The molecule has 0 saturated heterocycles. The van der Waals surface area contributed by atoms with E-state index >= 15 is 0 Å². The fraction of sp³-hybridized carbons (Fsp3) is 0.294. The molecule has 0 fully saturated rings. The summed E-state index contributed by atoms with van der Waals surface area (Å²) in [5.41, 5.74) is 3.02. The molecule has 0 aliphatic carbocycles. The van der Waals surface area contributed by atoms with Gasteiger partial charge >= 0.3 is 6.18 Å². The number of hydrogen-bond donors (Lipinski definition) is 2. The highest BCUT2D eigenvalue weighted by atomic mass is 19.4. The maximum absolute atomic E-state index is 13.1. The summed E-state index contributed by atoms with van der Waals surface area (Å²) in [6, 6.07) is 4.14. The number of alkyl halides is 5. The van der Waals surface area contributed by atoms with E-state index in [1.54, 1.807) is 6.92 Å². The van der Waals surface area contributed by atoms with Crippen LogP contribution >= 0.6 is 0 Å². The molecule has 0 aliphatic heterocycles. The smallest absolute Gasteiger partial charge is 0.381 e. The van der Waals surface area contributed by atoms with E-state index in [1.807, 2.05) is 0 Å². The molecule has 3 N–H and O–H groups in total. The van der Waals surface area contributed by atoms with Gasteiger partial charge in [0.1, 0.15) is 5.60 Å². The number of nitrogen functional groups attached to an aromatic ring is 1. The zero-order chi connectivity index (χ0) is 20.1. The molecule has 0 radical (unpaired) electrons. The topological polar surface area (TPSA) is 76.4 Å². The average Bonchev–Trinajstić information content (AvgIpc) is 2.98. The first-order valence-electron chi connectivity index (χ1n) is 7.75. The molecule has 3 aromatic rings. The summed E-state index contributed by atoms with van der Waals surface area (Å²) in [4.78, 5) is 7.30. The van der Waals surface area contributed by atoms with Crippen LogP contribution in [0.25, 0.3) is 16.9 Å². The van der Waals surface area contributed by atoms with Crippen LogP contribution in [0.5, 0.6) is 0 Å². The number of imidazole rings is 1. The van der Waals surface area contributed by atoms with Crippen molar-refractivity contribution in [3.8, 4) is 11.3 Å². The minimum absolute atomic E-state index is 0.00317. The molecule has 1 aromatic carbocycles. The third kappa shape index (κ3) is 3.20. The van der Waals surface area contributed by atoms with Crippen LogP contribution in [-0.2, 0) is 11.8 Å². The number of nitrogens with two attached hydrogens (primary N) is 1. The van der Waals surface area contributed by atoms with E-state index in [0.29, 0.717) is 11.1 Å². The maximum Gasteiger partial charge on any atom is 0.434 e. The molecule has 0 bridgehead atoms. The minimum atomic E-state index is -4.72. The Morgan fingerprint density at radius 2 is 1.89 bits per heavy atom. The monoisotopic (exact) mass is 386 g/mol. The number of benzene rings is 1. The average molecular weight is 386 g/mol. The Balaban J connectivity index is 2.26. The van der Waals surface area contributed by atoms with Crippen molar-refractivity contribution in [2.24, 2.45) is 0 Å². The third-order valence-electron chi connectivity index (χ3n) is 4.33. The minimum Gasteiger partial charge on any atom is -0.381 e. The number of anilines is 1. The molecule has 144 valence electrons. The van der Waals surface area contributed by atoms with Crippen LogP contribution in [0.15, 0.2) is 30.6 Å². The van der Waals surface area contributed by atoms with Crippen LogP contribution in [0.1, 0.15) is 23.7 Å². The van der Waals surface area contributed by atoms with E-state index in [0.717, 1.165) is 17.5 Å². The first kappa shape index (κ1) is 19.0. The standard InChI is InChI=1S/C17H15F5N4O/c1-8-3-4-9(16(2,27)15(18)19)5-10(8)11-6-24-14-13(23)25-12(7-26(11)14)17(20,21)22/h3-7,15,27H,1-2H3,(H2,23,25)/t16-/m1/s1. The summed E-state index contributed by atoms with van der Waals surface area (Å²) >= 11 is 0. The Bertz CT molecular complexity index is 1010. The summed E-state index contributed by atoms with van der Waals surface area (Å²) in [5, 5.41) is 10.0. The van der Waals surface area contributed by atoms with Gasteiger partial charge in [0, 0.05) is 11.8 Å². The van der Waals surface area contributed by atoms with E-state index in [9.17, 15) is 27.1 Å². The highest BCUT2D eigenvalue weighted by molar-refractivity contribution is 5.72. The Hall–Kier alpha value is -2.75. The molecule has 27 heavy (non-hydrogen) atoms. The van der Waals surface area contributed by atoms with Crippen LogP contribution in [0.2, 0.25) is 0 Å². The summed E-state index contributed by atoms with van der Waals surface area (Å²) < 4.78 is 66.6. The van der Waals surface area contributed by atoms with Crippen LogP contribution in [0, 0.1) is 6.92 Å². The van der Waals surface area contributed by atoms with E-state index in [4.69, 9.17) is 5.73 Å². The van der Waals surface area contributed by atoms with Crippen molar-refractivity contribution < 1.29 is 27.1 Å². The Kier molecular flexibility index (Phi) is 4.34. The Labute approximate surface area is 150 Å². The summed E-state index contributed by atoms with van der Waals surface area (Å²) in [6.07, 6.45) is -5.76. The molecule has 10 heteroatoms. The third-order valence-corrected chi connectivity index (χ3v) is 4.33. The number of hydrogen-bond acceptors (Lipinski definition) is 4. The van der Waals surface area contributed by atoms with Gasteiger partial charge in [0.15, 0.2) is 17.2 Å². The van der Waals surface area contributed by atoms with Crippen molar-refractivity contribution in [1.82, 2.24) is 14.4 Å². The zero-order valence-electron chi connectivity index (χ0n) is 14.2. The molecule has 0 amide bonds. The molecule has 0 saturated carbocycles. The molecule has 0 aliphatic rings. The second-order valence-corrected chi connectivity index (χ2v) is 6.32. The highest BCUT2D eigenvalue weighted by Crippen LogP contribution is 2.35. The van der Waals surface area contributed by atoms with Gasteiger partial charge in [-0.15, -0.1) is 0 Å². The second-order valence-electron chi connectivity index (χ2n) is 6.32. The number of rotatable bonds is 3. The van der Waals surface area contributed by atoms with Crippen LogP contribution in [0.3, 0.4) is 0 Å². The van der Waals surface area contributed by atoms with Crippen LogP contribution < -0.4 is 5.73 Å². The van der Waals surface area contributed by atoms with Crippen LogP contribution in [0.4, 0.5) is 27.8 Å². The molecule has 1 atom stereocenters. The van der Waals surface area contributed by atoms with Gasteiger partial charge < -0.3 is 10.8 Å². The van der Waals surface area contributed by atoms with Gasteiger partial charge in [0.25, 0.3) is 6.43 Å². The number of halogens is 5. The lowest BCUT2D eigenvalue weighted by molar-refractivity contribution is -0.141. The molecule has 2 heterocycles. The summed E-state index contributed by atoms with van der Waals surface area (Å²) in [5.74, 6) is -0.413. The van der Waals surface area contributed by atoms with Crippen LogP contribution in [-0.4, -0.2) is 25.9 Å². The predicted molar refractivity (Wildman–Crippen MR) is 88.1 cm³/mol. The zero-order valence-corrected chi connectivity index (χ0v) is 14.2. The Morgan fingerprint density at radius 3 is 2.48 bits per heavy atom. The van der Waals surface area contributed by atoms with Crippen molar-refractivity contribution in [1.29, 1.82) is 0 Å². The molecule has 2 aromatic heterocycles. The van der Waals surface area contributed by atoms with Gasteiger partial charge in [-0.2, -0.15) is 13.2 Å². The van der Waals surface area contributed by atoms with Crippen molar-refractivity contribution in [2.45, 2.75) is 32.1 Å². The quantitative estimate of drug-likeness (QED) is 0.672. The van der Waals surface area contributed by atoms with Gasteiger partial charge in [0.2, 0.25) is 0 Å². The Morgan fingerprint density at radius 1 is 1.22 bits per heavy atom. The number of aliphatic hydroxyl groups is 1. The SMILES string of the molecule is Cc1ccc([C@@](C)(O)C(F)F)cc1-c1cnc2c(N)nc(C(F)(F)F)cn12.